The summed E-state index contributed by atoms with van der Waals surface area (Å²) in [5, 5.41) is 12.7. The Balaban J connectivity index is 1.73. The fourth-order valence-electron chi connectivity index (χ4n) is 3.51. The number of thiazole rings is 1. The molecule has 8 nitrogen and oxygen atoms in total. The Morgan fingerprint density at radius 2 is 1.94 bits per heavy atom. The maximum atomic E-state index is 13.2. The molecule has 10 heteroatoms. The van der Waals surface area contributed by atoms with E-state index in [1.54, 1.807) is 48.5 Å². The van der Waals surface area contributed by atoms with Crippen molar-refractivity contribution in [3.8, 4) is 5.75 Å². The van der Waals surface area contributed by atoms with E-state index in [4.69, 9.17) is 20.7 Å². The summed E-state index contributed by atoms with van der Waals surface area (Å²) in [7, 11) is -3.81. The molecule has 3 aromatic carbocycles. The van der Waals surface area contributed by atoms with E-state index in [1.165, 1.54) is 11.3 Å². The molecule has 4 rings (SSSR count). The molecule has 0 radical (unpaired) electrons. The van der Waals surface area contributed by atoms with E-state index < -0.39 is 16.1 Å². The second kappa shape index (κ2) is 10.2. The summed E-state index contributed by atoms with van der Waals surface area (Å²) >= 11 is 1.41. The van der Waals surface area contributed by atoms with Crippen molar-refractivity contribution in [1.29, 1.82) is 0 Å². The Bertz CT molecular complexity index is 1420. The van der Waals surface area contributed by atoms with Gasteiger partial charge in [-0.1, -0.05) is 41.6 Å². The number of oxime groups is 1. The largest absolute Gasteiger partial charge is 0.494 e. The lowest BCUT2D eigenvalue weighted by Gasteiger charge is -2.17. The molecule has 0 aliphatic carbocycles. The minimum Gasteiger partial charge on any atom is -0.494 e. The highest BCUT2D eigenvalue weighted by Crippen LogP contribution is 2.32. The van der Waals surface area contributed by atoms with Gasteiger partial charge in [-0.2, -0.15) is 0 Å². The average Bonchev–Trinajstić information content (AvgIpc) is 3.27. The number of hydrogen-bond donors (Lipinski definition) is 3. The maximum absolute atomic E-state index is 13.2. The van der Waals surface area contributed by atoms with Crippen molar-refractivity contribution in [3.63, 3.8) is 0 Å². The van der Waals surface area contributed by atoms with Gasteiger partial charge in [-0.15, -0.1) is 11.3 Å². The smallest absolute Gasteiger partial charge is 0.241 e. The Kier molecular flexibility index (Phi) is 7.11. The normalized spacial score (nSPS) is 13.1. The lowest BCUT2D eigenvalue weighted by Crippen LogP contribution is -2.30. The quantitative estimate of drug-likeness (QED) is 0.139. The van der Waals surface area contributed by atoms with Crippen molar-refractivity contribution in [3.05, 3.63) is 88.9 Å². The fourth-order valence-corrected chi connectivity index (χ4v) is 5.86. The number of nitrogens with zero attached hydrogens (tertiary/aromatic N) is 2. The number of nitrogens with one attached hydrogen (secondary N) is 1. The van der Waals surface area contributed by atoms with Crippen LogP contribution in [0.5, 0.6) is 5.75 Å². The average molecular weight is 497 g/mol. The number of ether oxygens (including phenoxy) is 1. The topological polar surface area (TPSA) is 127 Å². The van der Waals surface area contributed by atoms with Crippen LogP contribution >= 0.6 is 11.3 Å². The Morgan fingerprint density at radius 3 is 2.68 bits per heavy atom. The van der Waals surface area contributed by atoms with Crippen LogP contribution in [-0.2, 0) is 16.4 Å². The maximum Gasteiger partial charge on any atom is 0.241 e. The third kappa shape index (κ3) is 5.36. The SMILES string of the molecule is CCOc1ccc2nc([C@H](Cc3cccc(C(N)=NO)c3)NS(=O)(=O)c3ccccc3)sc2c1. The van der Waals surface area contributed by atoms with Gasteiger partial charge in [0.05, 0.1) is 27.8 Å². The van der Waals surface area contributed by atoms with Gasteiger partial charge in [0.15, 0.2) is 5.84 Å². The van der Waals surface area contributed by atoms with Gasteiger partial charge >= 0.3 is 0 Å². The minimum absolute atomic E-state index is 0.0216. The number of fused-ring (bicyclic) bond motifs is 1. The van der Waals surface area contributed by atoms with Crippen molar-refractivity contribution in [1.82, 2.24) is 9.71 Å². The van der Waals surface area contributed by atoms with Crippen molar-refractivity contribution in [2.24, 2.45) is 10.9 Å². The fraction of sp³-hybridized carbons (Fsp3) is 0.167. The van der Waals surface area contributed by atoms with Crippen LogP contribution in [0.1, 0.15) is 29.1 Å². The summed E-state index contributed by atoms with van der Waals surface area (Å²) in [6.45, 7) is 2.46. The number of sulfonamides is 1. The van der Waals surface area contributed by atoms with Gasteiger partial charge in [-0.05, 0) is 55.3 Å². The number of rotatable bonds is 9. The molecule has 34 heavy (non-hydrogen) atoms. The van der Waals surface area contributed by atoms with Crippen LogP contribution in [0.4, 0.5) is 0 Å². The molecule has 0 aliphatic heterocycles. The van der Waals surface area contributed by atoms with Gasteiger partial charge in [-0.25, -0.2) is 18.1 Å². The third-order valence-corrected chi connectivity index (χ3v) is 7.73. The summed E-state index contributed by atoms with van der Waals surface area (Å²) in [5.74, 6) is 0.713. The summed E-state index contributed by atoms with van der Waals surface area (Å²) < 4.78 is 35.6. The van der Waals surface area contributed by atoms with E-state index in [2.05, 4.69) is 9.88 Å². The molecule has 0 spiro atoms. The lowest BCUT2D eigenvalue weighted by molar-refractivity contribution is 0.318. The van der Waals surface area contributed by atoms with E-state index in [0.717, 1.165) is 21.5 Å². The van der Waals surface area contributed by atoms with E-state index in [-0.39, 0.29) is 10.7 Å². The van der Waals surface area contributed by atoms with E-state index in [9.17, 15) is 8.42 Å². The molecular weight excluding hydrogens is 472 g/mol. The van der Waals surface area contributed by atoms with Crippen LogP contribution in [0.25, 0.3) is 10.2 Å². The molecule has 1 aromatic heterocycles. The first kappa shape index (κ1) is 23.7. The number of nitrogens with two attached hydrogens (primary N) is 1. The standard InChI is InChI=1S/C24H24N4O4S2/c1-2-32-18-11-12-20-22(15-18)33-24(26-20)21(28-34(30,31)19-9-4-3-5-10-19)14-16-7-6-8-17(13-16)23(25)27-29/h3-13,15,21,28-29H,2,14H2,1H3,(H2,25,27)/t21-/m0/s1. The molecule has 0 saturated carbocycles. The second-order valence-electron chi connectivity index (χ2n) is 7.49. The molecule has 0 saturated heterocycles. The molecule has 1 atom stereocenters. The molecule has 4 aromatic rings. The van der Waals surface area contributed by atoms with Gasteiger partial charge in [0.25, 0.3) is 0 Å². The van der Waals surface area contributed by atoms with Gasteiger partial charge in [-0.3, -0.25) is 0 Å². The summed E-state index contributed by atoms with van der Waals surface area (Å²) in [6, 6.07) is 20.3. The number of hydrogen-bond acceptors (Lipinski definition) is 7. The van der Waals surface area contributed by atoms with E-state index in [1.807, 2.05) is 31.2 Å². The molecule has 0 aliphatic rings. The van der Waals surface area contributed by atoms with Crippen LogP contribution in [0, 0.1) is 0 Å². The van der Waals surface area contributed by atoms with Crippen molar-refractivity contribution in [2.45, 2.75) is 24.3 Å². The highest BCUT2D eigenvalue weighted by atomic mass is 32.2. The Morgan fingerprint density at radius 1 is 1.15 bits per heavy atom. The zero-order chi connectivity index (χ0) is 24.1. The summed E-state index contributed by atoms with van der Waals surface area (Å²) in [4.78, 5) is 4.88. The predicted octanol–water partition coefficient (Wildman–Crippen LogP) is 4.05. The first-order chi connectivity index (χ1) is 16.4. The molecule has 0 unspecified atom stereocenters. The molecule has 1 heterocycles. The van der Waals surface area contributed by atoms with Gasteiger partial charge in [0.1, 0.15) is 10.8 Å². The van der Waals surface area contributed by atoms with Crippen molar-refractivity contribution < 1.29 is 18.4 Å². The number of amidine groups is 1. The van der Waals surface area contributed by atoms with Crippen LogP contribution in [-0.4, -0.2) is 31.1 Å². The Hall–Kier alpha value is -3.47. The number of benzene rings is 3. The highest BCUT2D eigenvalue weighted by molar-refractivity contribution is 7.89. The number of aromatic nitrogens is 1. The van der Waals surface area contributed by atoms with Crippen molar-refractivity contribution in [2.75, 3.05) is 6.61 Å². The summed E-state index contributed by atoms with van der Waals surface area (Å²) in [6.07, 6.45) is 0.316. The molecule has 176 valence electrons. The Labute approximate surface area is 201 Å². The van der Waals surface area contributed by atoms with Crippen LogP contribution in [0.3, 0.4) is 0 Å². The van der Waals surface area contributed by atoms with E-state index in [0.29, 0.717) is 23.6 Å². The first-order valence-corrected chi connectivity index (χ1v) is 12.9. The van der Waals surface area contributed by atoms with Crippen LogP contribution in [0.2, 0.25) is 0 Å². The van der Waals surface area contributed by atoms with Gasteiger partial charge in [0.2, 0.25) is 10.0 Å². The van der Waals surface area contributed by atoms with Gasteiger partial charge in [0, 0.05) is 5.56 Å². The molecule has 4 N–H and O–H groups in total. The van der Waals surface area contributed by atoms with E-state index >= 15 is 0 Å². The van der Waals surface area contributed by atoms with Crippen molar-refractivity contribution >= 4 is 37.4 Å². The zero-order valence-electron chi connectivity index (χ0n) is 18.4. The monoisotopic (exact) mass is 496 g/mol. The molecule has 0 fully saturated rings. The molecule has 0 bridgehead atoms. The van der Waals surface area contributed by atoms with Crippen LogP contribution < -0.4 is 15.2 Å². The zero-order valence-corrected chi connectivity index (χ0v) is 20.0. The van der Waals surface area contributed by atoms with Crippen LogP contribution in [0.15, 0.2) is 82.8 Å². The second-order valence-corrected chi connectivity index (χ2v) is 10.3. The summed E-state index contributed by atoms with van der Waals surface area (Å²) in [5.41, 5.74) is 7.84. The predicted molar refractivity (Wildman–Crippen MR) is 133 cm³/mol. The highest BCUT2D eigenvalue weighted by Gasteiger charge is 2.25. The molecular formula is C24H24N4O4S2. The molecule has 0 amide bonds. The minimum atomic E-state index is -3.81. The first-order valence-electron chi connectivity index (χ1n) is 10.6. The third-order valence-electron chi connectivity index (χ3n) is 5.11. The van der Waals surface area contributed by atoms with Gasteiger partial charge < -0.3 is 15.7 Å². The lowest BCUT2D eigenvalue weighted by atomic mass is 10.0.